The molecule has 134 valence electrons. The SMILES string of the molecule is CC1Cc2cc(C(=O)NC3(C#N)CCCCC3)ccc2N1S(C)(=O)=O. The normalized spacial score (nSPS) is 22.1. The standard InChI is InChI=1S/C18H23N3O3S/c1-13-10-15-11-14(6-7-16(15)21(13)25(2,23)24)17(22)20-18(12-19)8-4-3-5-9-18/h6-7,11,13H,3-5,8-10H2,1-2H3,(H,20,22). The fourth-order valence-corrected chi connectivity index (χ4v) is 5.22. The first-order chi connectivity index (χ1) is 11.8. The average Bonchev–Trinajstić information content (AvgIpc) is 2.90. The Morgan fingerprint density at radius 1 is 1.32 bits per heavy atom. The predicted octanol–water partition coefficient (Wildman–Crippen LogP) is 2.35. The van der Waals surface area contributed by atoms with E-state index in [4.69, 9.17) is 0 Å². The summed E-state index contributed by atoms with van der Waals surface area (Å²) in [6, 6.07) is 7.20. The molecule has 1 fully saturated rings. The van der Waals surface area contributed by atoms with Gasteiger partial charge in [0.2, 0.25) is 10.0 Å². The third-order valence-electron chi connectivity index (χ3n) is 5.13. The summed E-state index contributed by atoms with van der Waals surface area (Å²) in [5.41, 5.74) is 1.18. The minimum absolute atomic E-state index is 0.160. The number of hydrogen-bond acceptors (Lipinski definition) is 4. The number of nitrogens with zero attached hydrogens (tertiary/aromatic N) is 2. The maximum Gasteiger partial charge on any atom is 0.252 e. The molecule has 0 spiro atoms. The van der Waals surface area contributed by atoms with Crippen molar-refractivity contribution < 1.29 is 13.2 Å². The summed E-state index contributed by atoms with van der Waals surface area (Å²) in [5.74, 6) is -0.267. The largest absolute Gasteiger partial charge is 0.334 e. The molecule has 1 atom stereocenters. The van der Waals surface area contributed by atoms with E-state index in [9.17, 15) is 18.5 Å². The smallest absolute Gasteiger partial charge is 0.252 e. The average molecular weight is 361 g/mol. The molecule has 0 aromatic heterocycles. The van der Waals surface area contributed by atoms with Crippen LogP contribution in [0.25, 0.3) is 0 Å². The van der Waals surface area contributed by atoms with Crippen molar-refractivity contribution in [2.24, 2.45) is 0 Å². The molecular weight excluding hydrogens is 338 g/mol. The zero-order chi connectivity index (χ0) is 18.2. The van der Waals surface area contributed by atoms with Gasteiger partial charge < -0.3 is 5.32 Å². The highest BCUT2D eigenvalue weighted by atomic mass is 32.2. The van der Waals surface area contributed by atoms with Gasteiger partial charge in [-0.3, -0.25) is 9.10 Å². The quantitative estimate of drug-likeness (QED) is 0.895. The van der Waals surface area contributed by atoms with Crippen LogP contribution in [-0.4, -0.2) is 32.2 Å². The van der Waals surface area contributed by atoms with Gasteiger partial charge in [-0.15, -0.1) is 0 Å². The second-order valence-electron chi connectivity index (χ2n) is 7.16. The highest BCUT2D eigenvalue weighted by Crippen LogP contribution is 2.35. The summed E-state index contributed by atoms with van der Waals surface area (Å²) in [7, 11) is -3.34. The molecule has 1 amide bonds. The van der Waals surface area contributed by atoms with Crippen molar-refractivity contribution in [3.63, 3.8) is 0 Å². The third-order valence-corrected chi connectivity index (χ3v) is 6.40. The third kappa shape index (κ3) is 3.36. The molecular formula is C18H23N3O3S. The monoisotopic (exact) mass is 361 g/mol. The minimum atomic E-state index is -3.34. The first kappa shape index (κ1) is 17.7. The van der Waals surface area contributed by atoms with Gasteiger partial charge in [0.25, 0.3) is 5.91 Å². The zero-order valence-electron chi connectivity index (χ0n) is 14.6. The molecule has 1 unspecified atom stereocenters. The molecule has 3 rings (SSSR count). The van der Waals surface area contributed by atoms with Crippen LogP contribution in [0.5, 0.6) is 0 Å². The minimum Gasteiger partial charge on any atom is -0.334 e. The molecule has 0 saturated heterocycles. The van der Waals surface area contributed by atoms with Gasteiger partial charge in [-0.05, 0) is 49.9 Å². The van der Waals surface area contributed by atoms with Crippen molar-refractivity contribution >= 4 is 21.6 Å². The summed E-state index contributed by atoms with van der Waals surface area (Å²) in [6.07, 6.45) is 6.11. The van der Waals surface area contributed by atoms with Crippen LogP contribution < -0.4 is 9.62 Å². The fraction of sp³-hybridized carbons (Fsp3) is 0.556. The molecule has 25 heavy (non-hydrogen) atoms. The van der Waals surface area contributed by atoms with E-state index in [1.165, 1.54) is 10.6 Å². The summed E-state index contributed by atoms with van der Waals surface area (Å²) in [6.45, 7) is 1.85. The van der Waals surface area contributed by atoms with Crippen molar-refractivity contribution in [3.8, 4) is 6.07 Å². The highest BCUT2D eigenvalue weighted by Gasteiger charge is 2.35. The Kier molecular flexibility index (Phi) is 4.50. The van der Waals surface area contributed by atoms with Gasteiger partial charge >= 0.3 is 0 Å². The lowest BCUT2D eigenvalue weighted by atomic mass is 9.82. The van der Waals surface area contributed by atoms with E-state index in [1.807, 2.05) is 6.92 Å². The number of benzene rings is 1. The lowest BCUT2D eigenvalue weighted by molar-refractivity contribution is 0.0902. The lowest BCUT2D eigenvalue weighted by Crippen LogP contribution is -2.48. The summed E-state index contributed by atoms with van der Waals surface area (Å²) >= 11 is 0. The van der Waals surface area contributed by atoms with Crippen molar-refractivity contribution in [1.82, 2.24) is 5.32 Å². The number of carbonyl (C=O) groups is 1. The van der Waals surface area contributed by atoms with Crippen LogP contribution >= 0.6 is 0 Å². The summed E-state index contributed by atoms with van der Waals surface area (Å²) in [4.78, 5) is 12.6. The van der Waals surface area contributed by atoms with E-state index < -0.39 is 15.6 Å². The van der Waals surface area contributed by atoms with Crippen LogP contribution in [0.4, 0.5) is 5.69 Å². The predicted molar refractivity (Wildman–Crippen MR) is 95.8 cm³/mol. The van der Waals surface area contributed by atoms with Crippen molar-refractivity contribution in [2.75, 3.05) is 10.6 Å². The molecule has 1 aromatic carbocycles. The van der Waals surface area contributed by atoms with E-state index in [2.05, 4.69) is 11.4 Å². The van der Waals surface area contributed by atoms with Crippen LogP contribution in [0.3, 0.4) is 0 Å². The Morgan fingerprint density at radius 2 is 2.00 bits per heavy atom. The van der Waals surface area contributed by atoms with Crippen LogP contribution in [-0.2, 0) is 16.4 Å². The molecule has 1 N–H and O–H groups in total. The van der Waals surface area contributed by atoms with E-state index in [1.54, 1.807) is 18.2 Å². The van der Waals surface area contributed by atoms with Crippen LogP contribution in [0.1, 0.15) is 54.9 Å². The first-order valence-electron chi connectivity index (χ1n) is 8.62. The molecule has 7 heteroatoms. The van der Waals surface area contributed by atoms with E-state index in [0.29, 0.717) is 30.5 Å². The number of nitrogens with one attached hydrogen (secondary N) is 1. The Morgan fingerprint density at radius 3 is 2.60 bits per heavy atom. The van der Waals surface area contributed by atoms with E-state index in [0.717, 1.165) is 24.8 Å². The van der Waals surface area contributed by atoms with Gasteiger partial charge in [0.15, 0.2) is 0 Å². The fourth-order valence-electron chi connectivity index (χ4n) is 3.96. The molecule has 1 aliphatic heterocycles. The van der Waals surface area contributed by atoms with Crippen LogP contribution in [0.15, 0.2) is 18.2 Å². The van der Waals surface area contributed by atoms with Gasteiger partial charge in [0.1, 0.15) is 5.54 Å². The number of anilines is 1. The first-order valence-corrected chi connectivity index (χ1v) is 10.5. The number of sulfonamides is 1. The topological polar surface area (TPSA) is 90.3 Å². The Labute approximate surface area is 148 Å². The van der Waals surface area contributed by atoms with Crippen LogP contribution in [0.2, 0.25) is 0 Å². The molecule has 2 aliphatic rings. The Bertz CT molecular complexity index is 836. The number of amides is 1. The summed E-state index contributed by atoms with van der Waals surface area (Å²) in [5, 5.41) is 12.4. The molecule has 1 heterocycles. The van der Waals surface area contributed by atoms with Gasteiger partial charge in [-0.25, -0.2) is 8.42 Å². The number of nitriles is 1. The number of rotatable bonds is 3. The van der Waals surface area contributed by atoms with Gasteiger partial charge in [-0.1, -0.05) is 19.3 Å². The van der Waals surface area contributed by atoms with Crippen molar-refractivity contribution in [2.45, 2.75) is 57.0 Å². The zero-order valence-corrected chi connectivity index (χ0v) is 15.4. The van der Waals surface area contributed by atoms with Crippen LogP contribution in [0, 0.1) is 11.3 Å². The van der Waals surface area contributed by atoms with Crippen molar-refractivity contribution in [1.29, 1.82) is 5.26 Å². The van der Waals surface area contributed by atoms with E-state index in [-0.39, 0.29) is 11.9 Å². The molecule has 1 aliphatic carbocycles. The molecule has 0 radical (unpaired) electrons. The highest BCUT2D eigenvalue weighted by molar-refractivity contribution is 7.92. The summed E-state index contributed by atoms with van der Waals surface area (Å²) < 4.78 is 25.4. The Hall–Kier alpha value is -2.07. The molecule has 6 nitrogen and oxygen atoms in total. The maximum atomic E-state index is 12.6. The van der Waals surface area contributed by atoms with Crippen molar-refractivity contribution in [3.05, 3.63) is 29.3 Å². The molecule has 0 bridgehead atoms. The molecule has 1 saturated carbocycles. The second-order valence-corrected chi connectivity index (χ2v) is 9.02. The lowest BCUT2D eigenvalue weighted by Gasteiger charge is -2.31. The Balaban J connectivity index is 1.85. The van der Waals surface area contributed by atoms with Gasteiger partial charge in [-0.2, -0.15) is 5.26 Å². The molecule has 1 aromatic rings. The van der Waals surface area contributed by atoms with Gasteiger partial charge in [0, 0.05) is 11.6 Å². The second kappa shape index (κ2) is 6.34. The van der Waals surface area contributed by atoms with Gasteiger partial charge in [0.05, 0.1) is 18.0 Å². The number of fused-ring (bicyclic) bond motifs is 1. The number of hydrogen-bond donors (Lipinski definition) is 1. The maximum absolute atomic E-state index is 12.6. The van der Waals surface area contributed by atoms with E-state index >= 15 is 0 Å². The number of carbonyl (C=O) groups excluding carboxylic acids is 1.